The molecule has 0 unspecified atom stereocenters. The lowest BCUT2D eigenvalue weighted by molar-refractivity contribution is -0.116. The van der Waals surface area contributed by atoms with Gasteiger partial charge in [0.2, 0.25) is 5.91 Å². The standard InChI is InChI=1S/C14H18N4O2/c1-20-9-7-11-4-2-3-5-12(11)16-14(19)10-18-8-6-13(15)17-18/h2-6,8H,7,9-10H2,1H3,(H2,15,17)(H,16,19). The summed E-state index contributed by atoms with van der Waals surface area (Å²) in [4.78, 5) is 12.0. The number of nitrogens with two attached hydrogens (primary N) is 1. The maximum Gasteiger partial charge on any atom is 0.246 e. The van der Waals surface area contributed by atoms with Crippen LogP contribution in [-0.4, -0.2) is 29.4 Å². The van der Waals surface area contributed by atoms with E-state index in [0.29, 0.717) is 12.4 Å². The first-order chi connectivity index (χ1) is 9.69. The first kappa shape index (κ1) is 14.1. The van der Waals surface area contributed by atoms with Crippen LogP contribution in [0.2, 0.25) is 0 Å². The van der Waals surface area contributed by atoms with Gasteiger partial charge in [-0.25, -0.2) is 0 Å². The van der Waals surface area contributed by atoms with Gasteiger partial charge in [0.25, 0.3) is 0 Å². The number of nitrogens with zero attached hydrogens (tertiary/aromatic N) is 2. The van der Waals surface area contributed by atoms with E-state index < -0.39 is 0 Å². The molecule has 1 aromatic carbocycles. The predicted octanol–water partition coefficient (Wildman–Crippen LogP) is 1.29. The molecule has 20 heavy (non-hydrogen) atoms. The van der Waals surface area contributed by atoms with Crippen LogP contribution in [0.25, 0.3) is 0 Å². The van der Waals surface area contributed by atoms with E-state index in [0.717, 1.165) is 17.7 Å². The number of nitrogen functional groups attached to an aromatic ring is 1. The van der Waals surface area contributed by atoms with Crippen molar-refractivity contribution in [1.82, 2.24) is 9.78 Å². The number of nitrogens with one attached hydrogen (secondary N) is 1. The predicted molar refractivity (Wildman–Crippen MR) is 77.3 cm³/mol. The quantitative estimate of drug-likeness (QED) is 0.831. The Bertz CT molecular complexity index is 580. The van der Waals surface area contributed by atoms with Crippen LogP contribution in [0.1, 0.15) is 5.56 Å². The highest BCUT2D eigenvalue weighted by atomic mass is 16.5. The lowest BCUT2D eigenvalue weighted by atomic mass is 10.1. The first-order valence-corrected chi connectivity index (χ1v) is 6.34. The summed E-state index contributed by atoms with van der Waals surface area (Å²) < 4.78 is 6.57. The van der Waals surface area contributed by atoms with Crippen molar-refractivity contribution in [3.63, 3.8) is 0 Å². The Morgan fingerprint density at radius 1 is 1.40 bits per heavy atom. The Labute approximate surface area is 117 Å². The minimum absolute atomic E-state index is 0.135. The molecule has 2 aromatic rings. The van der Waals surface area contributed by atoms with Crippen LogP contribution < -0.4 is 11.1 Å². The third-order valence-electron chi connectivity index (χ3n) is 2.83. The number of anilines is 2. The zero-order valence-electron chi connectivity index (χ0n) is 11.4. The van der Waals surface area contributed by atoms with Gasteiger partial charge in [0.05, 0.1) is 6.61 Å². The van der Waals surface area contributed by atoms with Crippen molar-refractivity contribution >= 4 is 17.4 Å². The van der Waals surface area contributed by atoms with Gasteiger partial charge in [-0.2, -0.15) is 5.10 Å². The van der Waals surface area contributed by atoms with E-state index in [2.05, 4.69) is 10.4 Å². The summed E-state index contributed by atoms with van der Waals surface area (Å²) in [5.74, 6) is 0.260. The minimum Gasteiger partial charge on any atom is -0.384 e. The van der Waals surface area contributed by atoms with E-state index in [-0.39, 0.29) is 12.5 Å². The number of carbonyl (C=O) groups is 1. The second-order valence-electron chi connectivity index (χ2n) is 4.39. The van der Waals surface area contributed by atoms with Gasteiger partial charge in [0.1, 0.15) is 12.4 Å². The minimum atomic E-state index is -0.141. The van der Waals surface area contributed by atoms with E-state index in [4.69, 9.17) is 10.5 Å². The monoisotopic (exact) mass is 274 g/mol. The molecule has 1 aromatic heterocycles. The van der Waals surface area contributed by atoms with Crippen molar-refractivity contribution in [2.45, 2.75) is 13.0 Å². The molecule has 1 amide bonds. The Kier molecular flexibility index (Phi) is 4.73. The molecule has 0 saturated heterocycles. The van der Waals surface area contributed by atoms with E-state index >= 15 is 0 Å². The van der Waals surface area contributed by atoms with Crippen LogP contribution in [0, 0.1) is 0 Å². The van der Waals surface area contributed by atoms with Gasteiger partial charge < -0.3 is 15.8 Å². The van der Waals surface area contributed by atoms with Crippen LogP contribution in [0.3, 0.4) is 0 Å². The molecule has 0 saturated carbocycles. The molecule has 6 heteroatoms. The number of benzene rings is 1. The van der Waals surface area contributed by atoms with E-state index in [1.54, 1.807) is 19.4 Å². The van der Waals surface area contributed by atoms with Crippen LogP contribution in [0.4, 0.5) is 11.5 Å². The summed E-state index contributed by atoms with van der Waals surface area (Å²) in [5.41, 5.74) is 7.35. The molecule has 6 nitrogen and oxygen atoms in total. The number of hydrogen-bond donors (Lipinski definition) is 2. The average Bonchev–Trinajstić information content (AvgIpc) is 2.83. The average molecular weight is 274 g/mol. The van der Waals surface area contributed by atoms with E-state index in [1.807, 2.05) is 24.3 Å². The summed E-state index contributed by atoms with van der Waals surface area (Å²) in [7, 11) is 1.66. The van der Waals surface area contributed by atoms with Gasteiger partial charge in [0, 0.05) is 19.0 Å². The number of para-hydroxylation sites is 1. The second-order valence-corrected chi connectivity index (χ2v) is 4.39. The molecule has 0 spiro atoms. The Morgan fingerprint density at radius 2 is 2.20 bits per heavy atom. The SMILES string of the molecule is COCCc1ccccc1NC(=O)Cn1ccc(N)n1. The van der Waals surface area contributed by atoms with Crippen molar-refractivity contribution in [2.24, 2.45) is 0 Å². The third kappa shape index (κ3) is 3.83. The molecule has 0 fully saturated rings. The normalized spacial score (nSPS) is 10.4. The highest BCUT2D eigenvalue weighted by molar-refractivity contribution is 5.91. The first-order valence-electron chi connectivity index (χ1n) is 6.34. The number of amides is 1. The molecule has 106 valence electrons. The number of aromatic nitrogens is 2. The molecule has 3 N–H and O–H groups in total. The van der Waals surface area contributed by atoms with Crippen molar-refractivity contribution in [2.75, 3.05) is 24.8 Å². The van der Waals surface area contributed by atoms with Crippen molar-refractivity contribution < 1.29 is 9.53 Å². The molecule has 1 heterocycles. The largest absolute Gasteiger partial charge is 0.384 e. The molecule has 2 rings (SSSR count). The Balaban J connectivity index is 2.00. The maximum absolute atomic E-state index is 12.0. The van der Waals surface area contributed by atoms with Crippen molar-refractivity contribution in [3.05, 3.63) is 42.1 Å². The van der Waals surface area contributed by atoms with Crippen LogP contribution in [-0.2, 0) is 22.5 Å². The molecule has 0 aliphatic rings. The Hall–Kier alpha value is -2.34. The van der Waals surface area contributed by atoms with Gasteiger partial charge in [-0.3, -0.25) is 9.48 Å². The topological polar surface area (TPSA) is 82.2 Å². The fraction of sp³-hybridized carbons (Fsp3) is 0.286. The zero-order valence-corrected chi connectivity index (χ0v) is 11.4. The summed E-state index contributed by atoms with van der Waals surface area (Å²) in [6, 6.07) is 9.33. The molecule has 0 atom stereocenters. The third-order valence-corrected chi connectivity index (χ3v) is 2.83. The number of ether oxygens (including phenoxy) is 1. The second kappa shape index (κ2) is 6.72. The summed E-state index contributed by atoms with van der Waals surface area (Å²) in [6.45, 7) is 0.748. The lowest BCUT2D eigenvalue weighted by Crippen LogP contribution is -2.20. The number of methoxy groups -OCH3 is 1. The summed E-state index contributed by atoms with van der Waals surface area (Å²) >= 11 is 0. The number of rotatable bonds is 6. The number of hydrogen-bond acceptors (Lipinski definition) is 4. The van der Waals surface area contributed by atoms with E-state index in [9.17, 15) is 4.79 Å². The lowest BCUT2D eigenvalue weighted by Gasteiger charge is -2.10. The Morgan fingerprint density at radius 3 is 2.90 bits per heavy atom. The van der Waals surface area contributed by atoms with Crippen molar-refractivity contribution in [1.29, 1.82) is 0 Å². The molecule has 0 bridgehead atoms. The molecule has 0 aliphatic carbocycles. The van der Waals surface area contributed by atoms with Gasteiger partial charge in [-0.15, -0.1) is 0 Å². The maximum atomic E-state index is 12.0. The van der Waals surface area contributed by atoms with Crippen LogP contribution in [0.15, 0.2) is 36.5 Å². The molecule has 0 aliphatic heterocycles. The van der Waals surface area contributed by atoms with Gasteiger partial charge >= 0.3 is 0 Å². The summed E-state index contributed by atoms with van der Waals surface area (Å²) in [5, 5.41) is 6.86. The molecular formula is C14H18N4O2. The van der Waals surface area contributed by atoms with Crippen LogP contribution in [0.5, 0.6) is 0 Å². The smallest absolute Gasteiger partial charge is 0.246 e. The van der Waals surface area contributed by atoms with Crippen LogP contribution >= 0.6 is 0 Å². The summed E-state index contributed by atoms with van der Waals surface area (Å²) in [6.07, 6.45) is 2.42. The fourth-order valence-electron chi connectivity index (χ4n) is 1.87. The number of carbonyl (C=O) groups excluding carboxylic acids is 1. The fourth-order valence-corrected chi connectivity index (χ4v) is 1.87. The van der Waals surface area contributed by atoms with Gasteiger partial charge in [-0.1, -0.05) is 18.2 Å². The molecule has 0 radical (unpaired) electrons. The van der Waals surface area contributed by atoms with Gasteiger partial charge in [0.15, 0.2) is 0 Å². The zero-order chi connectivity index (χ0) is 14.4. The van der Waals surface area contributed by atoms with Crippen molar-refractivity contribution in [3.8, 4) is 0 Å². The van der Waals surface area contributed by atoms with Gasteiger partial charge in [-0.05, 0) is 24.1 Å². The highest BCUT2D eigenvalue weighted by Crippen LogP contribution is 2.15. The van der Waals surface area contributed by atoms with E-state index in [1.165, 1.54) is 4.68 Å². The molecular weight excluding hydrogens is 256 g/mol. The highest BCUT2D eigenvalue weighted by Gasteiger charge is 2.07.